The summed E-state index contributed by atoms with van der Waals surface area (Å²) in [6, 6.07) is 1.80. The monoisotopic (exact) mass is 568 g/mol. The lowest BCUT2D eigenvalue weighted by Crippen LogP contribution is -2.44. The van der Waals surface area contributed by atoms with Crippen molar-refractivity contribution in [2.75, 3.05) is 6.54 Å². The van der Waals surface area contributed by atoms with Gasteiger partial charge in [0.15, 0.2) is 5.01 Å². The van der Waals surface area contributed by atoms with Gasteiger partial charge in [-0.25, -0.2) is 13.4 Å². The van der Waals surface area contributed by atoms with E-state index >= 15 is 0 Å². The molecule has 0 spiro atoms. The molecule has 0 bridgehead atoms. The molecule has 1 amide bonds. The molecule has 190 valence electrons. The zero-order valence-corrected chi connectivity index (χ0v) is 21.8. The molecule has 1 N–H and O–H groups in total. The van der Waals surface area contributed by atoms with Gasteiger partial charge in [-0.05, 0) is 38.7 Å². The number of sulfonamides is 1. The maximum Gasteiger partial charge on any atom is 0.404 e. The fraction of sp³-hybridized carbons (Fsp3) is 0.476. The number of likely N-dealkylation sites (tertiary alicyclic amines) is 1. The predicted molar refractivity (Wildman–Crippen MR) is 127 cm³/mol. The van der Waals surface area contributed by atoms with Crippen molar-refractivity contribution in [2.24, 2.45) is 0 Å². The van der Waals surface area contributed by atoms with Crippen LogP contribution in [0.3, 0.4) is 0 Å². The van der Waals surface area contributed by atoms with Crippen LogP contribution in [-0.2, 0) is 10.0 Å². The zero-order chi connectivity index (χ0) is 26.1. The standard InChI is InChI=1S/C21H21Cl2F3N4O3S2/c1-3-14(21(24,25)26)29-35(32,33)13-8-7-12(16(22)17(13)23)19-18(28-15(10-27)34-19)20(31)30-9-5-4-6-11(30)2/h7-8,11,14,29H,3-6,9H2,1-2H3/t11-,14-/m0/s1. The smallest absolute Gasteiger partial charge is 0.335 e. The number of hydrogen-bond donors (Lipinski definition) is 1. The molecule has 1 aliphatic rings. The Bertz CT molecular complexity index is 1280. The lowest BCUT2D eigenvalue weighted by molar-refractivity contribution is -0.151. The van der Waals surface area contributed by atoms with Crippen molar-refractivity contribution in [2.45, 2.75) is 62.7 Å². The second kappa shape index (κ2) is 10.6. The molecule has 2 heterocycles. The van der Waals surface area contributed by atoms with Crippen molar-refractivity contribution >= 4 is 50.5 Å². The maximum absolute atomic E-state index is 13.3. The fourth-order valence-electron chi connectivity index (χ4n) is 3.78. The van der Waals surface area contributed by atoms with Crippen molar-refractivity contribution in [1.29, 1.82) is 5.26 Å². The molecule has 0 unspecified atom stereocenters. The Morgan fingerprint density at radius 1 is 1.34 bits per heavy atom. The number of piperidine rings is 1. The summed E-state index contributed by atoms with van der Waals surface area (Å²) < 4.78 is 66.3. The third-order valence-corrected chi connectivity index (χ3v) is 9.17. The first-order valence-corrected chi connectivity index (χ1v) is 13.7. The summed E-state index contributed by atoms with van der Waals surface area (Å²) in [4.78, 5) is 18.7. The number of alkyl halides is 3. The summed E-state index contributed by atoms with van der Waals surface area (Å²) in [7, 11) is -4.68. The van der Waals surface area contributed by atoms with Crippen LogP contribution in [0.1, 0.15) is 55.0 Å². The zero-order valence-electron chi connectivity index (χ0n) is 18.6. The summed E-state index contributed by atoms with van der Waals surface area (Å²) in [6.07, 6.45) is -2.70. The number of carbonyl (C=O) groups is 1. The second-order valence-electron chi connectivity index (χ2n) is 8.01. The highest BCUT2D eigenvalue weighted by Gasteiger charge is 2.41. The van der Waals surface area contributed by atoms with Crippen LogP contribution < -0.4 is 4.72 Å². The predicted octanol–water partition coefficient (Wildman–Crippen LogP) is 5.62. The first kappa shape index (κ1) is 27.7. The minimum absolute atomic E-state index is 0.00506. The summed E-state index contributed by atoms with van der Waals surface area (Å²) in [5.74, 6) is -0.397. The number of nitrogens with one attached hydrogen (secondary N) is 1. The van der Waals surface area contributed by atoms with E-state index in [0.717, 1.165) is 36.7 Å². The van der Waals surface area contributed by atoms with Crippen LogP contribution in [-0.4, -0.2) is 49.0 Å². The van der Waals surface area contributed by atoms with Crippen LogP contribution in [0.25, 0.3) is 10.4 Å². The molecule has 1 aromatic heterocycles. The molecule has 2 atom stereocenters. The summed E-state index contributed by atoms with van der Waals surface area (Å²) >= 11 is 13.5. The topological polar surface area (TPSA) is 103 Å². The molecule has 0 aliphatic carbocycles. The fourth-order valence-corrected chi connectivity index (χ4v) is 6.89. The molecular formula is C21H21Cl2F3N4O3S2. The number of thiazole rings is 1. The molecule has 35 heavy (non-hydrogen) atoms. The number of halogens is 5. The Kier molecular flexibility index (Phi) is 8.38. The third kappa shape index (κ3) is 5.75. The summed E-state index contributed by atoms with van der Waals surface area (Å²) in [5, 5.41) is 8.55. The molecule has 1 saturated heterocycles. The van der Waals surface area contributed by atoms with Gasteiger partial charge in [-0.1, -0.05) is 36.2 Å². The molecular weight excluding hydrogens is 548 g/mol. The quantitative estimate of drug-likeness (QED) is 0.487. The molecule has 1 aromatic carbocycles. The number of amides is 1. The van der Waals surface area contributed by atoms with E-state index in [-0.39, 0.29) is 32.2 Å². The van der Waals surface area contributed by atoms with Gasteiger partial charge in [0, 0.05) is 18.2 Å². The van der Waals surface area contributed by atoms with E-state index in [1.165, 1.54) is 13.0 Å². The van der Waals surface area contributed by atoms with Gasteiger partial charge in [-0.2, -0.15) is 23.2 Å². The van der Waals surface area contributed by atoms with E-state index < -0.39 is 44.5 Å². The Labute approximate surface area is 214 Å². The second-order valence-corrected chi connectivity index (χ2v) is 11.5. The normalized spacial score (nSPS) is 17.8. The number of rotatable bonds is 6. The van der Waals surface area contributed by atoms with Gasteiger partial charge in [0.25, 0.3) is 5.91 Å². The average Bonchev–Trinajstić information content (AvgIpc) is 3.22. The number of hydrogen-bond acceptors (Lipinski definition) is 6. The van der Waals surface area contributed by atoms with Crippen LogP contribution >= 0.6 is 34.5 Å². The first-order valence-electron chi connectivity index (χ1n) is 10.6. The highest BCUT2D eigenvalue weighted by atomic mass is 35.5. The van der Waals surface area contributed by atoms with Crippen molar-refractivity contribution in [3.8, 4) is 16.5 Å². The number of nitriles is 1. The largest absolute Gasteiger partial charge is 0.404 e. The molecule has 7 nitrogen and oxygen atoms in total. The van der Waals surface area contributed by atoms with Crippen LogP contribution in [0.15, 0.2) is 17.0 Å². The summed E-state index contributed by atoms with van der Waals surface area (Å²) in [5.41, 5.74) is 0.126. The minimum atomic E-state index is -4.80. The average molecular weight is 569 g/mol. The van der Waals surface area contributed by atoms with Crippen LogP contribution in [0.2, 0.25) is 10.0 Å². The Balaban J connectivity index is 2.05. The maximum atomic E-state index is 13.3. The molecule has 0 saturated carbocycles. The molecule has 1 aliphatic heterocycles. The molecule has 2 aromatic rings. The van der Waals surface area contributed by atoms with Crippen LogP contribution in [0, 0.1) is 11.3 Å². The van der Waals surface area contributed by atoms with Gasteiger partial charge < -0.3 is 4.90 Å². The van der Waals surface area contributed by atoms with E-state index in [1.807, 2.05) is 13.0 Å². The Hall–Kier alpha value is -1.91. The molecule has 14 heteroatoms. The van der Waals surface area contributed by atoms with Crippen LogP contribution in [0.5, 0.6) is 0 Å². The van der Waals surface area contributed by atoms with E-state index in [1.54, 1.807) is 9.62 Å². The summed E-state index contributed by atoms with van der Waals surface area (Å²) in [6.45, 7) is 3.62. The number of aromatic nitrogens is 1. The van der Waals surface area contributed by atoms with Gasteiger partial charge >= 0.3 is 6.18 Å². The highest BCUT2D eigenvalue weighted by Crippen LogP contribution is 2.42. The van der Waals surface area contributed by atoms with Gasteiger partial charge in [-0.3, -0.25) is 4.79 Å². The van der Waals surface area contributed by atoms with Crippen LogP contribution in [0.4, 0.5) is 13.2 Å². The first-order chi connectivity index (χ1) is 16.3. The Morgan fingerprint density at radius 3 is 2.60 bits per heavy atom. The van der Waals surface area contributed by atoms with Crippen molar-refractivity contribution in [1.82, 2.24) is 14.6 Å². The lowest BCUT2D eigenvalue weighted by atomic mass is 10.0. The van der Waals surface area contributed by atoms with Crippen molar-refractivity contribution < 1.29 is 26.4 Å². The minimum Gasteiger partial charge on any atom is -0.335 e. The van der Waals surface area contributed by atoms with Gasteiger partial charge in [0.05, 0.1) is 14.9 Å². The molecule has 1 fully saturated rings. The van der Waals surface area contributed by atoms with Crippen molar-refractivity contribution in [3.05, 3.63) is 32.9 Å². The lowest BCUT2D eigenvalue weighted by Gasteiger charge is -2.33. The van der Waals surface area contributed by atoms with Gasteiger partial charge in [0.2, 0.25) is 10.0 Å². The molecule has 0 radical (unpaired) electrons. The van der Waals surface area contributed by atoms with Gasteiger partial charge in [-0.15, -0.1) is 11.3 Å². The number of nitrogens with zero attached hydrogens (tertiary/aromatic N) is 3. The number of benzene rings is 1. The van der Waals surface area contributed by atoms with E-state index in [0.29, 0.717) is 6.54 Å². The molecule has 3 rings (SSSR count). The van der Waals surface area contributed by atoms with E-state index in [9.17, 15) is 31.6 Å². The SMILES string of the molecule is CC[C@H](NS(=O)(=O)c1ccc(-c2sc(C#N)nc2C(=O)N2CCCC[C@@H]2C)c(Cl)c1Cl)C(F)(F)F. The van der Waals surface area contributed by atoms with Crippen molar-refractivity contribution in [3.63, 3.8) is 0 Å². The third-order valence-electron chi connectivity index (χ3n) is 5.67. The van der Waals surface area contributed by atoms with E-state index in [4.69, 9.17) is 23.2 Å². The van der Waals surface area contributed by atoms with E-state index in [2.05, 4.69) is 4.98 Å². The van der Waals surface area contributed by atoms with Gasteiger partial charge in [0.1, 0.15) is 22.7 Å². The highest BCUT2D eigenvalue weighted by molar-refractivity contribution is 7.89. The Morgan fingerprint density at radius 2 is 2.03 bits per heavy atom. The number of carbonyl (C=O) groups excluding carboxylic acids is 1.